The molecule has 1 aliphatic heterocycles. The zero-order chi connectivity index (χ0) is 22.2. The highest BCUT2D eigenvalue weighted by atomic mass is 16.5. The number of hydrogen-bond acceptors (Lipinski definition) is 5. The number of carbonyl (C=O) groups is 3. The molecule has 2 atom stereocenters. The third-order valence-corrected chi connectivity index (χ3v) is 5.33. The van der Waals surface area contributed by atoms with Crippen molar-refractivity contribution in [3.05, 3.63) is 60.2 Å². The Hall–Kier alpha value is -3.35. The Morgan fingerprint density at radius 2 is 1.58 bits per heavy atom. The number of likely N-dealkylation sites (tertiary alicyclic amines) is 1. The molecule has 1 N–H and O–H groups in total. The molecule has 7 nitrogen and oxygen atoms in total. The molecule has 164 valence electrons. The average Bonchev–Trinajstić information content (AvgIpc) is 2.77. The first-order chi connectivity index (χ1) is 14.9. The Morgan fingerprint density at radius 3 is 2.23 bits per heavy atom. The second-order valence-corrected chi connectivity index (χ2v) is 7.73. The van der Waals surface area contributed by atoms with E-state index in [1.54, 1.807) is 48.5 Å². The summed E-state index contributed by atoms with van der Waals surface area (Å²) in [5, 5.41) is 2.65. The molecule has 0 saturated carbocycles. The van der Waals surface area contributed by atoms with Crippen molar-refractivity contribution in [1.29, 1.82) is 0 Å². The molecule has 31 heavy (non-hydrogen) atoms. The highest BCUT2D eigenvalue weighted by molar-refractivity contribution is 5.95. The minimum atomic E-state index is -0.609. The van der Waals surface area contributed by atoms with Gasteiger partial charge in [0, 0.05) is 17.8 Å². The van der Waals surface area contributed by atoms with E-state index < -0.39 is 11.9 Å². The van der Waals surface area contributed by atoms with E-state index in [-0.39, 0.29) is 31.2 Å². The fraction of sp³-hybridized carbons (Fsp3) is 0.375. The number of ether oxygens (including phenoxy) is 2. The van der Waals surface area contributed by atoms with E-state index in [1.165, 1.54) is 0 Å². The Balaban J connectivity index is 1.45. The summed E-state index contributed by atoms with van der Waals surface area (Å²) in [6.07, 6.45) is 3.16. The average molecular weight is 424 g/mol. The number of nitrogens with one attached hydrogen (secondary N) is 1. The fourth-order valence-electron chi connectivity index (χ4n) is 3.75. The van der Waals surface area contributed by atoms with Crippen LogP contribution in [0.2, 0.25) is 0 Å². The normalized spacial score (nSPS) is 18.2. The minimum absolute atomic E-state index is 0.0346. The second kappa shape index (κ2) is 10.6. The maximum atomic E-state index is 12.5. The van der Waals surface area contributed by atoms with Crippen LogP contribution < -0.4 is 10.1 Å². The van der Waals surface area contributed by atoms with Crippen LogP contribution in [0.1, 0.15) is 43.5 Å². The monoisotopic (exact) mass is 424 g/mol. The van der Waals surface area contributed by atoms with Crippen molar-refractivity contribution in [3.8, 4) is 5.75 Å². The molecule has 1 saturated heterocycles. The largest absolute Gasteiger partial charge is 0.484 e. The predicted molar refractivity (Wildman–Crippen MR) is 117 cm³/mol. The maximum Gasteiger partial charge on any atom is 0.338 e. The standard InChI is InChI=1S/C24H28N2O5/c1-17-7-6-8-18(2)26(17)23(28)16-30-21-13-11-19(12-14-21)24(29)31-15-22(27)25-20-9-4-3-5-10-20/h3-5,9-14,17-18H,6-8,15-16H2,1-2H3,(H,25,27)/t17-,18-/m1/s1. The van der Waals surface area contributed by atoms with Gasteiger partial charge in [0.25, 0.3) is 11.8 Å². The molecule has 1 fully saturated rings. The molecule has 0 bridgehead atoms. The fourth-order valence-corrected chi connectivity index (χ4v) is 3.75. The third kappa shape index (κ3) is 6.31. The molecule has 0 spiro atoms. The van der Waals surface area contributed by atoms with E-state index >= 15 is 0 Å². The van der Waals surface area contributed by atoms with Gasteiger partial charge in [0.05, 0.1) is 5.56 Å². The number of piperidine rings is 1. The van der Waals surface area contributed by atoms with Crippen molar-refractivity contribution >= 4 is 23.5 Å². The molecular weight excluding hydrogens is 396 g/mol. The lowest BCUT2D eigenvalue weighted by Gasteiger charge is -2.38. The smallest absolute Gasteiger partial charge is 0.338 e. The van der Waals surface area contributed by atoms with E-state index in [0.29, 0.717) is 17.0 Å². The molecule has 7 heteroatoms. The van der Waals surface area contributed by atoms with Gasteiger partial charge in [-0.2, -0.15) is 0 Å². The number of hydrogen-bond donors (Lipinski definition) is 1. The van der Waals surface area contributed by atoms with E-state index in [4.69, 9.17) is 9.47 Å². The van der Waals surface area contributed by atoms with Gasteiger partial charge in [-0.1, -0.05) is 18.2 Å². The Bertz CT molecular complexity index is 888. The van der Waals surface area contributed by atoms with Gasteiger partial charge in [0.1, 0.15) is 5.75 Å². The van der Waals surface area contributed by atoms with Crippen LogP contribution >= 0.6 is 0 Å². The summed E-state index contributed by atoms with van der Waals surface area (Å²) in [5.74, 6) is -0.572. The zero-order valence-corrected chi connectivity index (χ0v) is 17.9. The third-order valence-electron chi connectivity index (χ3n) is 5.33. The maximum absolute atomic E-state index is 12.5. The van der Waals surface area contributed by atoms with Crippen LogP contribution in [0.4, 0.5) is 5.69 Å². The number of nitrogens with zero attached hydrogens (tertiary/aromatic N) is 1. The van der Waals surface area contributed by atoms with Crippen LogP contribution in [0.15, 0.2) is 54.6 Å². The van der Waals surface area contributed by atoms with Crippen LogP contribution in [-0.2, 0) is 14.3 Å². The highest BCUT2D eigenvalue weighted by Crippen LogP contribution is 2.23. The molecule has 0 aromatic heterocycles. The topological polar surface area (TPSA) is 84.9 Å². The zero-order valence-electron chi connectivity index (χ0n) is 17.9. The number of carbonyl (C=O) groups excluding carboxylic acids is 3. The van der Waals surface area contributed by atoms with Gasteiger partial charge in [-0.15, -0.1) is 0 Å². The van der Waals surface area contributed by atoms with Crippen molar-refractivity contribution in [2.24, 2.45) is 0 Å². The number of benzene rings is 2. The number of amides is 2. The molecule has 1 aliphatic rings. The first-order valence-electron chi connectivity index (χ1n) is 10.5. The minimum Gasteiger partial charge on any atom is -0.484 e. The molecule has 3 rings (SSSR count). The lowest BCUT2D eigenvalue weighted by molar-refractivity contribution is -0.139. The summed E-state index contributed by atoms with van der Waals surface area (Å²) in [5.41, 5.74) is 0.928. The van der Waals surface area contributed by atoms with E-state index in [9.17, 15) is 14.4 Å². The van der Waals surface area contributed by atoms with E-state index in [1.807, 2.05) is 11.0 Å². The Labute approximate surface area is 182 Å². The summed E-state index contributed by atoms with van der Waals surface area (Å²) in [6.45, 7) is 3.70. The first kappa shape index (κ1) is 22.3. The van der Waals surface area contributed by atoms with Crippen molar-refractivity contribution in [2.75, 3.05) is 18.5 Å². The van der Waals surface area contributed by atoms with Gasteiger partial charge < -0.3 is 19.7 Å². The van der Waals surface area contributed by atoms with Gasteiger partial charge in [0.2, 0.25) is 0 Å². The molecular formula is C24H28N2O5. The van der Waals surface area contributed by atoms with Crippen LogP contribution in [0.3, 0.4) is 0 Å². The lowest BCUT2D eigenvalue weighted by Crippen LogP contribution is -2.49. The predicted octanol–water partition coefficient (Wildman–Crippen LogP) is 3.65. The first-order valence-corrected chi connectivity index (χ1v) is 10.5. The summed E-state index contributed by atoms with van der Waals surface area (Å²) in [6, 6.07) is 15.7. The van der Waals surface area contributed by atoms with Crippen LogP contribution in [0, 0.1) is 0 Å². The van der Waals surface area contributed by atoms with Crippen molar-refractivity contribution < 1.29 is 23.9 Å². The van der Waals surface area contributed by atoms with Gasteiger partial charge in [-0.25, -0.2) is 4.79 Å². The van der Waals surface area contributed by atoms with Gasteiger partial charge in [-0.3, -0.25) is 9.59 Å². The number of anilines is 1. The van der Waals surface area contributed by atoms with Gasteiger partial charge in [-0.05, 0) is 69.5 Å². The van der Waals surface area contributed by atoms with Crippen LogP contribution in [0.5, 0.6) is 5.75 Å². The molecule has 2 aromatic rings. The van der Waals surface area contributed by atoms with Gasteiger partial charge in [0.15, 0.2) is 13.2 Å². The number of rotatable bonds is 7. The number of esters is 1. The molecule has 0 unspecified atom stereocenters. The number of para-hydroxylation sites is 1. The second-order valence-electron chi connectivity index (χ2n) is 7.73. The molecule has 2 aromatic carbocycles. The van der Waals surface area contributed by atoms with E-state index in [0.717, 1.165) is 19.3 Å². The molecule has 2 amide bonds. The summed E-state index contributed by atoms with van der Waals surface area (Å²) in [7, 11) is 0. The van der Waals surface area contributed by atoms with Crippen molar-refractivity contribution in [3.63, 3.8) is 0 Å². The summed E-state index contributed by atoms with van der Waals surface area (Å²) in [4.78, 5) is 38.5. The van der Waals surface area contributed by atoms with E-state index in [2.05, 4.69) is 19.2 Å². The Morgan fingerprint density at radius 1 is 0.935 bits per heavy atom. The van der Waals surface area contributed by atoms with Crippen molar-refractivity contribution in [1.82, 2.24) is 4.90 Å². The molecule has 1 heterocycles. The Kier molecular flexibility index (Phi) is 7.65. The molecule has 0 aliphatic carbocycles. The van der Waals surface area contributed by atoms with Crippen LogP contribution in [-0.4, -0.2) is 48.0 Å². The quantitative estimate of drug-likeness (QED) is 0.686. The molecule has 0 radical (unpaired) electrons. The summed E-state index contributed by atoms with van der Waals surface area (Å²) < 4.78 is 10.7. The lowest BCUT2D eigenvalue weighted by atomic mass is 9.97. The highest BCUT2D eigenvalue weighted by Gasteiger charge is 2.29. The van der Waals surface area contributed by atoms with Crippen LogP contribution in [0.25, 0.3) is 0 Å². The summed E-state index contributed by atoms with van der Waals surface area (Å²) >= 11 is 0. The SMILES string of the molecule is C[C@@H]1CCC[C@@H](C)N1C(=O)COc1ccc(C(=O)OCC(=O)Nc2ccccc2)cc1. The van der Waals surface area contributed by atoms with Gasteiger partial charge >= 0.3 is 5.97 Å². The van der Waals surface area contributed by atoms with Crippen molar-refractivity contribution in [2.45, 2.75) is 45.2 Å².